The molecule has 0 bridgehead atoms. The van der Waals surface area contributed by atoms with Crippen LogP contribution in [-0.2, 0) is 21.2 Å². The fourth-order valence-corrected chi connectivity index (χ4v) is 4.45. The van der Waals surface area contributed by atoms with Gasteiger partial charge in [-0.25, -0.2) is 18.1 Å². The predicted octanol–water partition coefficient (Wildman–Crippen LogP) is 2.52. The van der Waals surface area contributed by atoms with Gasteiger partial charge in [-0.1, -0.05) is 0 Å². The summed E-state index contributed by atoms with van der Waals surface area (Å²) in [6.45, 7) is 7.68. The molecule has 3 rings (SSSR count). The van der Waals surface area contributed by atoms with Crippen molar-refractivity contribution in [3.8, 4) is 0 Å². The first-order valence-corrected chi connectivity index (χ1v) is 11.0. The van der Waals surface area contributed by atoms with E-state index >= 15 is 0 Å². The van der Waals surface area contributed by atoms with Crippen molar-refractivity contribution in [1.29, 1.82) is 0 Å². The number of amides is 1. The lowest BCUT2D eigenvalue weighted by atomic mass is 10.2. The Morgan fingerprint density at radius 2 is 1.96 bits per heavy atom. The van der Waals surface area contributed by atoms with Crippen molar-refractivity contribution in [3.05, 3.63) is 24.0 Å². The molecule has 7 nitrogen and oxygen atoms in total. The molecular weight excluding hydrogens is 364 g/mol. The average molecular weight is 393 g/mol. The van der Waals surface area contributed by atoms with Crippen LogP contribution in [0.3, 0.4) is 0 Å². The molecular formula is C19H28N4O3S. The molecule has 2 N–H and O–H groups in total. The molecule has 8 heteroatoms. The smallest absolute Gasteiger partial charge is 0.240 e. The van der Waals surface area contributed by atoms with Crippen molar-refractivity contribution >= 4 is 27.0 Å². The van der Waals surface area contributed by atoms with Crippen LogP contribution in [0.4, 0.5) is 0 Å². The third-order valence-electron chi connectivity index (χ3n) is 4.47. The molecule has 0 aliphatic heterocycles. The maximum absolute atomic E-state index is 12.4. The molecule has 1 aliphatic carbocycles. The number of sulfonamides is 1. The van der Waals surface area contributed by atoms with Crippen molar-refractivity contribution in [3.63, 3.8) is 0 Å². The molecule has 2 aromatic rings. The van der Waals surface area contributed by atoms with Gasteiger partial charge < -0.3 is 9.88 Å². The number of aromatic nitrogens is 2. The van der Waals surface area contributed by atoms with E-state index in [0.29, 0.717) is 24.4 Å². The number of nitrogens with one attached hydrogen (secondary N) is 2. The van der Waals surface area contributed by atoms with Crippen LogP contribution in [0.5, 0.6) is 0 Å². The number of benzene rings is 1. The molecule has 1 heterocycles. The highest BCUT2D eigenvalue weighted by Gasteiger charge is 2.24. The Morgan fingerprint density at radius 1 is 1.26 bits per heavy atom. The predicted molar refractivity (Wildman–Crippen MR) is 105 cm³/mol. The van der Waals surface area contributed by atoms with Crippen molar-refractivity contribution in [1.82, 2.24) is 19.6 Å². The fourth-order valence-electron chi connectivity index (χ4n) is 3.18. The number of rotatable bonds is 8. The number of carbonyl (C=O) groups excluding carboxylic acids is 1. The quantitative estimate of drug-likeness (QED) is 0.722. The summed E-state index contributed by atoms with van der Waals surface area (Å²) in [5.74, 6) is 0.849. The van der Waals surface area contributed by atoms with Gasteiger partial charge in [-0.2, -0.15) is 0 Å². The second-order valence-electron chi connectivity index (χ2n) is 7.76. The first-order chi connectivity index (χ1) is 12.7. The average Bonchev–Trinajstić information content (AvgIpc) is 3.28. The molecule has 1 aliphatic rings. The molecule has 1 amide bonds. The van der Waals surface area contributed by atoms with E-state index in [-0.39, 0.29) is 22.9 Å². The summed E-state index contributed by atoms with van der Waals surface area (Å²) >= 11 is 0. The highest BCUT2D eigenvalue weighted by Crippen LogP contribution is 2.25. The Labute approximate surface area is 160 Å². The number of fused-ring (bicyclic) bond motifs is 1. The van der Waals surface area contributed by atoms with Crippen LogP contribution in [-0.4, -0.2) is 36.0 Å². The Kier molecular flexibility index (Phi) is 5.58. The molecule has 148 valence electrons. The number of carbonyl (C=O) groups is 1. The first kappa shape index (κ1) is 19.8. The van der Waals surface area contributed by atoms with Gasteiger partial charge in [0.15, 0.2) is 0 Å². The summed E-state index contributed by atoms with van der Waals surface area (Å²) in [5.41, 5.74) is 1.51. The normalized spacial score (nSPS) is 15.0. The highest BCUT2D eigenvalue weighted by molar-refractivity contribution is 7.89. The summed E-state index contributed by atoms with van der Waals surface area (Å²) in [5, 5.41) is 2.99. The molecule has 0 saturated heterocycles. The molecule has 1 fully saturated rings. The number of imidazole rings is 1. The summed E-state index contributed by atoms with van der Waals surface area (Å²) < 4.78 is 29.5. The third-order valence-corrected chi connectivity index (χ3v) is 6.13. The largest absolute Gasteiger partial charge is 0.353 e. The van der Waals surface area contributed by atoms with Gasteiger partial charge in [0, 0.05) is 31.0 Å². The van der Waals surface area contributed by atoms with Gasteiger partial charge in [0.2, 0.25) is 15.9 Å². The Bertz CT molecular complexity index is 943. The summed E-state index contributed by atoms with van der Waals surface area (Å²) in [7, 11) is -3.57. The maximum Gasteiger partial charge on any atom is 0.240 e. The number of aryl methyl sites for hydroxylation is 1. The van der Waals surface area contributed by atoms with E-state index in [4.69, 9.17) is 0 Å². The van der Waals surface area contributed by atoms with Gasteiger partial charge in [0.1, 0.15) is 5.82 Å². The van der Waals surface area contributed by atoms with Crippen molar-refractivity contribution in [2.75, 3.05) is 0 Å². The van der Waals surface area contributed by atoms with Crippen LogP contribution in [0.25, 0.3) is 11.0 Å². The van der Waals surface area contributed by atoms with Crippen LogP contribution in [0, 0.1) is 0 Å². The van der Waals surface area contributed by atoms with E-state index in [1.807, 2.05) is 0 Å². The second-order valence-corrected chi connectivity index (χ2v) is 9.47. The van der Waals surface area contributed by atoms with Gasteiger partial charge in [-0.3, -0.25) is 4.79 Å². The monoisotopic (exact) mass is 392 g/mol. The topological polar surface area (TPSA) is 93.1 Å². The van der Waals surface area contributed by atoms with E-state index < -0.39 is 10.0 Å². The lowest BCUT2D eigenvalue weighted by Crippen LogP contribution is -2.30. The second kappa shape index (κ2) is 7.59. The molecule has 0 spiro atoms. The minimum atomic E-state index is -3.57. The third kappa shape index (κ3) is 4.68. The first-order valence-electron chi connectivity index (χ1n) is 9.50. The molecule has 0 atom stereocenters. The van der Waals surface area contributed by atoms with E-state index in [1.165, 1.54) is 0 Å². The lowest BCUT2D eigenvalue weighted by Gasteiger charge is -2.13. The van der Waals surface area contributed by atoms with Crippen molar-refractivity contribution < 1.29 is 13.2 Å². The van der Waals surface area contributed by atoms with E-state index in [1.54, 1.807) is 32.0 Å². The van der Waals surface area contributed by atoms with Crippen molar-refractivity contribution in [2.45, 2.75) is 76.4 Å². The van der Waals surface area contributed by atoms with Gasteiger partial charge in [-0.05, 0) is 58.7 Å². The molecule has 0 radical (unpaired) electrons. The van der Waals surface area contributed by atoms with Crippen LogP contribution < -0.4 is 10.0 Å². The minimum Gasteiger partial charge on any atom is -0.353 e. The van der Waals surface area contributed by atoms with Crippen molar-refractivity contribution in [2.24, 2.45) is 0 Å². The van der Waals surface area contributed by atoms with Gasteiger partial charge in [-0.15, -0.1) is 0 Å². The van der Waals surface area contributed by atoms with Gasteiger partial charge in [0.05, 0.1) is 15.9 Å². The lowest BCUT2D eigenvalue weighted by molar-refractivity contribution is -0.121. The SMILES string of the molecule is CC(C)NS(=O)(=O)c1ccc2c(c1)nc(CCC(=O)NC1CC1)n2C(C)C. The summed E-state index contributed by atoms with van der Waals surface area (Å²) in [4.78, 5) is 16.9. The Hall–Kier alpha value is -1.93. The van der Waals surface area contributed by atoms with Crippen LogP contribution in [0.15, 0.2) is 23.1 Å². The Morgan fingerprint density at radius 3 is 2.56 bits per heavy atom. The standard InChI is InChI=1S/C19H28N4O3S/c1-12(2)22-27(25,26)15-7-8-17-16(11-15)21-18(23(17)13(3)4)9-10-19(24)20-14-5-6-14/h7-8,11-14,22H,5-6,9-10H2,1-4H3,(H,20,24). The highest BCUT2D eigenvalue weighted by atomic mass is 32.2. The number of hydrogen-bond acceptors (Lipinski definition) is 4. The molecule has 1 saturated carbocycles. The fraction of sp³-hybridized carbons (Fsp3) is 0.579. The van der Waals surface area contributed by atoms with Crippen LogP contribution in [0.2, 0.25) is 0 Å². The van der Waals surface area contributed by atoms with Crippen LogP contribution >= 0.6 is 0 Å². The number of nitrogens with zero attached hydrogens (tertiary/aromatic N) is 2. The minimum absolute atomic E-state index is 0.0456. The molecule has 1 aromatic carbocycles. The molecule has 0 unspecified atom stereocenters. The zero-order valence-corrected chi connectivity index (χ0v) is 17.1. The molecule has 27 heavy (non-hydrogen) atoms. The maximum atomic E-state index is 12.4. The summed E-state index contributed by atoms with van der Waals surface area (Å²) in [6.07, 6.45) is 3.04. The Balaban J connectivity index is 1.89. The van der Waals surface area contributed by atoms with Gasteiger partial charge >= 0.3 is 0 Å². The summed E-state index contributed by atoms with van der Waals surface area (Å²) in [6, 6.07) is 5.34. The number of hydrogen-bond donors (Lipinski definition) is 2. The van der Waals surface area contributed by atoms with E-state index in [0.717, 1.165) is 24.2 Å². The van der Waals surface area contributed by atoms with E-state index in [2.05, 4.69) is 33.4 Å². The zero-order chi connectivity index (χ0) is 19.8. The van der Waals surface area contributed by atoms with E-state index in [9.17, 15) is 13.2 Å². The molecule has 1 aromatic heterocycles. The van der Waals surface area contributed by atoms with Gasteiger partial charge in [0.25, 0.3) is 0 Å². The van der Waals surface area contributed by atoms with Crippen LogP contribution in [0.1, 0.15) is 58.8 Å². The zero-order valence-electron chi connectivity index (χ0n) is 16.3.